The zero-order valence-corrected chi connectivity index (χ0v) is 14.1. The molecule has 0 fully saturated rings. The molecule has 0 radical (unpaired) electrons. The predicted molar refractivity (Wildman–Crippen MR) is 94.4 cm³/mol. The highest BCUT2D eigenvalue weighted by Crippen LogP contribution is 2.15. The van der Waals surface area contributed by atoms with Crippen molar-refractivity contribution in [1.29, 1.82) is 0 Å². The first-order chi connectivity index (χ1) is 10.4. The third-order valence-corrected chi connectivity index (χ3v) is 3.00. The van der Waals surface area contributed by atoms with Crippen LogP contribution in [0, 0.1) is 20.8 Å². The lowest BCUT2D eigenvalue weighted by atomic mass is 10.1. The van der Waals surface area contributed by atoms with E-state index in [1.165, 1.54) is 5.56 Å². The first-order valence-electron chi connectivity index (χ1n) is 7.55. The Hall–Kier alpha value is -2.29. The molecule has 2 N–H and O–H groups in total. The van der Waals surface area contributed by atoms with Crippen LogP contribution in [0.4, 0.5) is 10.5 Å². The summed E-state index contributed by atoms with van der Waals surface area (Å²) in [6.07, 6.45) is 0. The Kier molecular flexibility index (Phi) is 7.17. The zero-order chi connectivity index (χ0) is 16.5. The van der Waals surface area contributed by atoms with Gasteiger partial charge in [-0.25, -0.2) is 4.79 Å². The predicted octanol–water partition coefficient (Wildman–Crippen LogP) is 4.83. The summed E-state index contributed by atoms with van der Waals surface area (Å²) in [4.78, 5) is 11.5. The van der Waals surface area contributed by atoms with Crippen molar-refractivity contribution < 1.29 is 4.79 Å². The molecule has 0 aliphatic rings. The number of nitrogens with one attached hydrogen (secondary N) is 2. The minimum absolute atomic E-state index is 0.148. The van der Waals surface area contributed by atoms with Crippen molar-refractivity contribution in [2.75, 3.05) is 5.32 Å². The monoisotopic (exact) mass is 298 g/mol. The maximum atomic E-state index is 11.5. The van der Waals surface area contributed by atoms with Gasteiger partial charge in [-0.05, 0) is 51.8 Å². The van der Waals surface area contributed by atoms with E-state index >= 15 is 0 Å². The molecule has 118 valence electrons. The second-order valence-electron chi connectivity index (χ2n) is 5.73. The second kappa shape index (κ2) is 8.88. The van der Waals surface area contributed by atoms with E-state index in [9.17, 15) is 4.79 Å². The topological polar surface area (TPSA) is 41.1 Å². The number of carbonyl (C=O) groups excluding carboxylic acids is 1. The minimum Gasteiger partial charge on any atom is -0.336 e. The Balaban J connectivity index is 0.000000287. The molecular formula is C19H26N2O. The van der Waals surface area contributed by atoms with Crippen molar-refractivity contribution in [3.05, 3.63) is 65.2 Å². The van der Waals surface area contributed by atoms with Crippen LogP contribution in [0.2, 0.25) is 0 Å². The summed E-state index contributed by atoms with van der Waals surface area (Å²) in [5.74, 6) is 0. The van der Waals surface area contributed by atoms with Crippen LogP contribution >= 0.6 is 0 Å². The minimum atomic E-state index is -0.154. The first-order valence-corrected chi connectivity index (χ1v) is 7.55. The Morgan fingerprint density at radius 2 is 1.55 bits per heavy atom. The molecular weight excluding hydrogens is 272 g/mol. The molecule has 0 saturated heterocycles. The number of amides is 2. The van der Waals surface area contributed by atoms with Crippen molar-refractivity contribution in [1.82, 2.24) is 5.32 Å². The van der Waals surface area contributed by atoms with E-state index in [0.29, 0.717) is 0 Å². The van der Waals surface area contributed by atoms with Crippen LogP contribution in [0.25, 0.3) is 0 Å². The Morgan fingerprint density at radius 3 is 2.05 bits per heavy atom. The van der Waals surface area contributed by atoms with E-state index in [4.69, 9.17) is 0 Å². The van der Waals surface area contributed by atoms with Gasteiger partial charge in [0.2, 0.25) is 0 Å². The van der Waals surface area contributed by atoms with Crippen molar-refractivity contribution in [2.24, 2.45) is 0 Å². The maximum absolute atomic E-state index is 11.5. The largest absolute Gasteiger partial charge is 0.336 e. The second-order valence-corrected chi connectivity index (χ2v) is 5.73. The highest BCUT2D eigenvalue weighted by atomic mass is 16.2. The van der Waals surface area contributed by atoms with Gasteiger partial charge in [-0.1, -0.05) is 48.0 Å². The summed E-state index contributed by atoms with van der Waals surface area (Å²) >= 11 is 0. The van der Waals surface area contributed by atoms with Crippen LogP contribution in [0.5, 0.6) is 0 Å². The van der Waals surface area contributed by atoms with E-state index in [-0.39, 0.29) is 12.1 Å². The maximum Gasteiger partial charge on any atom is 0.319 e. The highest BCUT2D eigenvalue weighted by Gasteiger charge is 2.05. The van der Waals surface area contributed by atoms with Gasteiger partial charge in [0.1, 0.15) is 0 Å². The number of urea groups is 1. The summed E-state index contributed by atoms with van der Waals surface area (Å²) < 4.78 is 0. The van der Waals surface area contributed by atoms with Crippen molar-refractivity contribution >= 4 is 11.7 Å². The lowest BCUT2D eigenvalue weighted by Crippen LogP contribution is -2.34. The SMILES string of the molecule is Cc1ccc(C)c(NC(=O)NC(C)C)c1.Cc1ccccc1. The average molecular weight is 298 g/mol. The quantitative estimate of drug-likeness (QED) is 0.819. The van der Waals surface area contributed by atoms with Crippen LogP contribution in [-0.4, -0.2) is 12.1 Å². The summed E-state index contributed by atoms with van der Waals surface area (Å²) in [5.41, 5.74) is 4.40. The molecule has 0 heterocycles. The van der Waals surface area contributed by atoms with Gasteiger partial charge in [0, 0.05) is 11.7 Å². The fourth-order valence-electron chi connectivity index (χ4n) is 1.83. The number of anilines is 1. The van der Waals surface area contributed by atoms with Crippen LogP contribution in [0.1, 0.15) is 30.5 Å². The molecule has 0 atom stereocenters. The van der Waals surface area contributed by atoms with Gasteiger partial charge in [-0.15, -0.1) is 0 Å². The van der Waals surface area contributed by atoms with Gasteiger partial charge in [0.05, 0.1) is 0 Å². The standard InChI is InChI=1S/C12H18N2O.C7H8/c1-8(2)13-12(15)14-11-7-9(3)5-6-10(11)4;1-7-5-3-2-4-6-7/h5-8H,1-4H3,(H2,13,14,15);2-6H,1H3. The number of carbonyl (C=O) groups is 1. The molecule has 3 heteroatoms. The summed E-state index contributed by atoms with van der Waals surface area (Å²) in [6.45, 7) is 9.93. The fraction of sp³-hybridized carbons (Fsp3) is 0.316. The Labute approximate surface area is 133 Å². The highest BCUT2D eigenvalue weighted by molar-refractivity contribution is 5.90. The fourth-order valence-corrected chi connectivity index (χ4v) is 1.83. The molecule has 0 bridgehead atoms. The lowest BCUT2D eigenvalue weighted by molar-refractivity contribution is 0.250. The van der Waals surface area contributed by atoms with Crippen molar-refractivity contribution in [3.8, 4) is 0 Å². The summed E-state index contributed by atoms with van der Waals surface area (Å²) in [5, 5.41) is 5.62. The van der Waals surface area contributed by atoms with Crippen LogP contribution in [0.15, 0.2) is 48.5 Å². The van der Waals surface area contributed by atoms with E-state index < -0.39 is 0 Å². The van der Waals surface area contributed by atoms with Crippen LogP contribution in [-0.2, 0) is 0 Å². The molecule has 3 nitrogen and oxygen atoms in total. The van der Waals surface area contributed by atoms with Crippen LogP contribution in [0.3, 0.4) is 0 Å². The van der Waals surface area contributed by atoms with Crippen molar-refractivity contribution in [3.63, 3.8) is 0 Å². The molecule has 2 aromatic rings. The average Bonchev–Trinajstić information content (AvgIpc) is 2.43. The summed E-state index contributed by atoms with van der Waals surface area (Å²) in [6, 6.07) is 16.3. The van der Waals surface area contributed by atoms with E-state index in [2.05, 4.69) is 29.7 Å². The normalized spacial score (nSPS) is 9.73. The summed E-state index contributed by atoms with van der Waals surface area (Å²) in [7, 11) is 0. The third kappa shape index (κ3) is 6.93. The molecule has 2 aromatic carbocycles. The lowest BCUT2D eigenvalue weighted by Gasteiger charge is -2.12. The molecule has 0 unspecified atom stereocenters. The van der Waals surface area contributed by atoms with Gasteiger partial charge >= 0.3 is 6.03 Å². The van der Waals surface area contributed by atoms with Crippen molar-refractivity contribution in [2.45, 2.75) is 40.7 Å². The van der Waals surface area contributed by atoms with E-state index in [1.54, 1.807) is 0 Å². The molecule has 2 amide bonds. The number of benzene rings is 2. The first kappa shape index (κ1) is 17.8. The van der Waals surface area contributed by atoms with Gasteiger partial charge in [-0.3, -0.25) is 0 Å². The van der Waals surface area contributed by atoms with Gasteiger partial charge in [0.25, 0.3) is 0 Å². The number of hydrogen-bond acceptors (Lipinski definition) is 1. The molecule has 0 saturated carbocycles. The van der Waals surface area contributed by atoms with Gasteiger partial charge < -0.3 is 10.6 Å². The molecule has 0 spiro atoms. The van der Waals surface area contributed by atoms with E-state index in [1.807, 2.05) is 64.1 Å². The zero-order valence-electron chi connectivity index (χ0n) is 14.1. The Morgan fingerprint density at radius 1 is 0.909 bits per heavy atom. The number of aryl methyl sites for hydroxylation is 3. The molecule has 0 aliphatic heterocycles. The number of hydrogen-bond donors (Lipinski definition) is 2. The molecule has 22 heavy (non-hydrogen) atoms. The molecule has 2 rings (SSSR count). The molecule has 0 aromatic heterocycles. The smallest absolute Gasteiger partial charge is 0.319 e. The third-order valence-electron chi connectivity index (χ3n) is 3.00. The molecule has 0 aliphatic carbocycles. The Bertz CT molecular complexity index is 592. The number of rotatable bonds is 2. The van der Waals surface area contributed by atoms with E-state index in [0.717, 1.165) is 16.8 Å². The van der Waals surface area contributed by atoms with Gasteiger partial charge in [0.15, 0.2) is 0 Å². The van der Waals surface area contributed by atoms with Crippen LogP contribution < -0.4 is 10.6 Å². The van der Waals surface area contributed by atoms with Gasteiger partial charge in [-0.2, -0.15) is 0 Å².